The lowest BCUT2D eigenvalue weighted by Crippen LogP contribution is -2.37. The number of benzene rings is 1. The second-order valence-electron chi connectivity index (χ2n) is 6.74. The Kier molecular flexibility index (Phi) is 6.42. The third-order valence-electron chi connectivity index (χ3n) is 5.12. The molecule has 2 atom stereocenters. The van der Waals surface area contributed by atoms with E-state index in [0.717, 1.165) is 36.0 Å². The number of aliphatic hydroxyl groups excluding tert-OH is 1. The molecule has 0 saturated carbocycles. The Hall–Kier alpha value is -2.08. The van der Waals surface area contributed by atoms with Crippen LogP contribution in [0.5, 0.6) is 5.75 Å². The predicted molar refractivity (Wildman–Crippen MR) is 91.2 cm³/mol. The molecule has 0 unspecified atom stereocenters. The fraction of sp³-hybridized carbons (Fsp3) is 0.579. The SMILES string of the molecule is Cc1cc(OCC(=O)[O-])c(C)c2c1CC[C@@H]([C@H](C)C(=O)NCCO)C2. The van der Waals surface area contributed by atoms with Crippen LogP contribution in [0.4, 0.5) is 0 Å². The smallest absolute Gasteiger partial charge is 0.223 e. The van der Waals surface area contributed by atoms with Crippen LogP contribution in [0.15, 0.2) is 6.07 Å². The number of ether oxygens (including phenoxy) is 1. The van der Waals surface area contributed by atoms with Crippen molar-refractivity contribution >= 4 is 11.9 Å². The van der Waals surface area contributed by atoms with Crippen molar-refractivity contribution in [1.82, 2.24) is 5.32 Å². The summed E-state index contributed by atoms with van der Waals surface area (Å²) in [6, 6.07) is 1.88. The number of fused-ring (bicyclic) bond motifs is 1. The second-order valence-corrected chi connectivity index (χ2v) is 6.74. The van der Waals surface area contributed by atoms with Crippen LogP contribution >= 0.6 is 0 Å². The molecule has 25 heavy (non-hydrogen) atoms. The highest BCUT2D eigenvalue weighted by molar-refractivity contribution is 5.78. The minimum atomic E-state index is -1.25. The summed E-state index contributed by atoms with van der Waals surface area (Å²) >= 11 is 0. The van der Waals surface area contributed by atoms with Crippen molar-refractivity contribution in [3.05, 3.63) is 28.3 Å². The zero-order valence-corrected chi connectivity index (χ0v) is 15.1. The lowest BCUT2D eigenvalue weighted by Gasteiger charge is -2.31. The van der Waals surface area contributed by atoms with Gasteiger partial charge in [-0.2, -0.15) is 0 Å². The maximum Gasteiger partial charge on any atom is 0.223 e. The Morgan fingerprint density at radius 2 is 2.12 bits per heavy atom. The number of carbonyl (C=O) groups is 2. The van der Waals surface area contributed by atoms with Crippen molar-refractivity contribution < 1.29 is 24.5 Å². The number of carboxylic acid groups (broad SMARTS) is 1. The molecule has 1 amide bonds. The molecule has 0 radical (unpaired) electrons. The first kappa shape index (κ1) is 19.2. The van der Waals surface area contributed by atoms with Gasteiger partial charge in [-0.3, -0.25) is 4.79 Å². The largest absolute Gasteiger partial charge is 0.546 e. The van der Waals surface area contributed by atoms with Crippen molar-refractivity contribution in [2.45, 2.75) is 40.0 Å². The van der Waals surface area contributed by atoms with E-state index in [4.69, 9.17) is 9.84 Å². The Morgan fingerprint density at radius 1 is 1.40 bits per heavy atom. The molecule has 1 aliphatic carbocycles. The molecule has 0 aliphatic heterocycles. The summed E-state index contributed by atoms with van der Waals surface area (Å²) in [4.78, 5) is 22.9. The molecule has 138 valence electrons. The van der Waals surface area contributed by atoms with E-state index >= 15 is 0 Å². The minimum Gasteiger partial charge on any atom is -0.546 e. The summed E-state index contributed by atoms with van der Waals surface area (Å²) < 4.78 is 5.37. The van der Waals surface area contributed by atoms with Gasteiger partial charge in [-0.25, -0.2) is 0 Å². The first-order chi connectivity index (χ1) is 11.8. The Balaban J connectivity index is 2.20. The van der Waals surface area contributed by atoms with Crippen molar-refractivity contribution in [3.8, 4) is 5.75 Å². The molecule has 1 aliphatic rings. The van der Waals surface area contributed by atoms with Crippen LogP contribution in [0.3, 0.4) is 0 Å². The van der Waals surface area contributed by atoms with E-state index in [1.807, 2.05) is 26.8 Å². The van der Waals surface area contributed by atoms with Crippen LogP contribution in [0, 0.1) is 25.7 Å². The monoisotopic (exact) mass is 348 g/mol. The fourth-order valence-electron chi connectivity index (χ4n) is 3.59. The van der Waals surface area contributed by atoms with Gasteiger partial charge in [0.15, 0.2) is 0 Å². The maximum atomic E-state index is 12.2. The maximum absolute atomic E-state index is 12.2. The molecule has 0 fully saturated rings. The molecular weight excluding hydrogens is 322 g/mol. The molecular formula is C19H26NO5-. The first-order valence-corrected chi connectivity index (χ1v) is 8.68. The van der Waals surface area contributed by atoms with Gasteiger partial charge < -0.3 is 25.1 Å². The molecule has 6 heteroatoms. The first-order valence-electron chi connectivity index (χ1n) is 8.68. The molecule has 0 heterocycles. The zero-order chi connectivity index (χ0) is 18.6. The van der Waals surface area contributed by atoms with E-state index in [0.29, 0.717) is 5.75 Å². The summed E-state index contributed by atoms with van der Waals surface area (Å²) in [5, 5.41) is 22.2. The number of aliphatic carboxylic acids is 1. The lowest BCUT2D eigenvalue weighted by atomic mass is 9.74. The van der Waals surface area contributed by atoms with Gasteiger partial charge in [0.05, 0.1) is 12.6 Å². The molecule has 2 N–H and O–H groups in total. The van der Waals surface area contributed by atoms with Crippen LogP contribution in [0.25, 0.3) is 0 Å². The number of aliphatic hydroxyl groups is 1. The number of carboxylic acids is 1. The molecule has 1 aromatic carbocycles. The van der Waals surface area contributed by atoms with Crippen LogP contribution < -0.4 is 15.2 Å². The van der Waals surface area contributed by atoms with Gasteiger partial charge in [0.2, 0.25) is 5.91 Å². The summed E-state index contributed by atoms with van der Waals surface area (Å²) in [7, 11) is 0. The number of hydrogen-bond acceptors (Lipinski definition) is 5. The Morgan fingerprint density at radius 3 is 2.76 bits per heavy atom. The van der Waals surface area contributed by atoms with E-state index in [1.54, 1.807) is 0 Å². The molecule has 0 aromatic heterocycles. The average Bonchev–Trinajstić information content (AvgIpc) is 2.60. The number of rotatable bonds is 7. The van der Waals surface area contributed by atoms with Crippen LogP contribution in [-0.2, 0) is 22.4 Å². The number of amides is 1. The van der Waals surface area contributed by atoms with E-state index in [2.05, 4.69) is 5.32 Å². The summed E-state index contributed by atoms with van der Waals surface area (Å²) in [5.41, 5.74) is 4.46. The Labute approximate surface area is 148 Å². The zero-order valence-electron chi connectivity index (χ0n) is 15.1. The van der Waals surface area contributed by atoms with Gasteiger partial charge in [-0.15, -0.1) is 0 Å². The second kappa shape index (κ2) is 8.34. The quantitative estimate of drug-likeness (QED) is 0.737. The van der Waals surface area contributed by atoms with Gasteiger partial charge in [0, 0.05) is 12.5 Å². The highest BCUT2D eigenvalue weighted by Crippen LogP contribution is 2.37. The van der Waals surface area contributed by atoms with Crippen LogP contribution in [-0.4, -0.2) is 36.7 Å². The van der Waals surface area contributed by atoms with Crippen LogP contribution in [0.1, 0.15) is 35.6 Å². The van der Waals surface area contributed by atoms with Gasteiger partial charge in [0.1, 0.15) is 12.4 Å². The summed E-state index contributed by atoms with van der Waals surface area (Å²) in [5.74, 6) is -0.658. The van der Waals surface area contributed by atoms with Crippen molar-refractivity contribution in [3.63, 3.8) is 0 Å². The number of aryl methyl sites for hydroxylation is 1. The number of nitrogens with one attached hydrogen (secondary N) is 1. The van der Waals surface area contributed by atoms with Crippen molar-refractivity contribution in [1.29, 1.82) is 0 Å². The van der Waals surface area contributed by atoms with E-state index < -0.39 is 12.6 Å². The molecule has 1 aromatic rings. The van der Waals surface area contributed by atoms with Crippen molar-refractivity contribution in [2.75, 3.05) is 19.8 Å². The number of carbonyl (C=O) groups excluding carboxylic acids is 2. The highest BCUT2D eigenvalue weighted by atomic mass is 16.5. The standard InChI is InChI=1S/C19H27NO5/c1-11-8-17(25-10-18(22)23)13(3)16-9-14(4-5-15(11)16)12(2)19(24)20-6-7-21/h8,12,14,21H,4-7,9-10H2,1-3H3,(H,20,24)(H,22,23)/p-1/t12-,14+/m0/s1. The topological polar surface area (TPSA) is 98.7 Å². The highest BCUT2D eigenvalue weighted by Gasteiger charge is 2.30. The van der Waals surface area contributed by atoms with Gasteiger partial charge in [-0.1, -0.05) is 6.92 Å². The van der Waals surface area contributed by atoms with Crippen molar-refractivity contribution in [2.24, 2.45) is 11.8 Å². The van der Waals surface area contributed by atoms with Gasteiger partial charge >= 0.3 is 0 Å². The van der Waals surface area contributed by atoms with E-state index in [-0.39, 0.29) is 30.9 Å². The normalized spacial score (nSPS) is 17.5. The molecule has 0 bridgehead atoms. The fourth-order valence-corrected chi connectivity index (χ4v) is 3.59. The summed E-state index contributed by atoms with van der Waals surface area (Å²) in [6.07, 6.45) is 2.59. The van der Waals surface area contributed by atoms with E-state index in [1.165, 1.54) is 5.56 Å². The third-order valence-corrected chi connectivity index (χ3v) is 5.12. The molecule has 2 rings (SSSR count). The third kappa shape index (κ3) is 4.51. The Bertz CT molecular complexity index is 656. The predicted octanol–water partition coefficient (Wildman–Crippen LogP) is 0.282. The molecule has 0 spiro atoms. The molecule has 0 saturated heterocycles. The average molecular weight is 348 g/mol. The molecule has 6 nitrogen and oxygen atoms in total. The van der Waals surface area contributed by atoms with E-state index in [9.17, 15) is 14.7 Å². The van der Waals surface area contributed by atoms with Gasteiger partial charge in [0.25, 0.3) is 0 Å². The lowest BCUT2D eigenvalue weighted by molar-refractivity contribution is -0.307. The number of hydrogen-bond donors (Lipinski definition) is 2. The summed E-state index contributed by atoms with van der Waals surface area (Å²) in [6.45, 7) is 5.59. The van der Waals surface area contributed by atoms with Gasteiger partial charge in [-0.05, 0) is 67.3 Å². The minimum absolute atomic E-state index is 0.0405. The van der Waals surface area contributed by atoms with Crippen LogP contribution in [0.2, 0.25) is 0 Å².